The number of nitrogens with zero attached hydrogens (tertiary/aromatic N) is 3. The van der Waals surface area contributed by atoms with Gasteiger partial charge in [0.25, 0.3) is 0 Å². The molecule has 0 aliphatic rings. The van der Waals surface area contributed by atoms with Gasteiger partial charge in [0.1, 0.15) is 5.75 Å². The van der Waals surface area contributed by atoms with Crippen LogP contribution < -0.4 is 10.1 Å². The van der Waals surface area contributed by atoms with Crippen molar-refractivity contribution in [3.63, 3.8) is 0 Å². The van der Waals surface area contributed by atoms with Gasteiger partial charge in [-0.2, -0.15) is 0 Å². The van der Waals surface area contributed by atoms with Gasteiger partial charge in [0, 0.05) is 17.3 Å². The normalized spacial score (nSPS) is 11.8. The maximum absolute atomic E-state index is 12.5. The average molecular weight is 491 g/mol. The first-order valence-electron chi connectivity index (χ1n) is 10.1. The molecule has 3 aromatic rings. The molecule has 0 saturated carbocycles. The smallest absolute Gasteiger partial charge is 0.234 e. The van der Waals surface area contributed by atoms with Crippen molar-refractivity contribution in [2.24, 2.45) is 0 Å². The van der Waals surface area contributed by atoms with Crippen LogP contribution in [-0.4, -0.2) is 26.4 Å². The van der Waals surface area contributed by atoms with E-state index >= 15 is 0 Å². The van der Waals surface area contributed by atoms with Crippen molar-refractivity contribution in [1.82, 2.24) is 14.8 Å². The Balaban J connectivity index is 1.69. The number of para-hydroxylation sites is 1. The van der Waals surface area contributed by atoms with Crippen molar-refractivity contribution in [2.75, 3.05) is 11.1 Å². The molecule has 0 aliphatic heterocycles. The molecule has 32 heavy (non-hydrogen) atoms. The van der Waals surface area contributed by atoms with Gasteiger partial charge >= 0.3 is 0 Å². The van der Waals surface area contributed by atoms with Crippen LogP contribution in [0.25, 0.3) is 0 Å². The molecule has 1 unspecified atom stereocenters. The standard InChI is InChI=1S/C23H24Cl2N4O2S/c1-4-12-29-22(15(3)31-20-11-10-17(24)13-18(20)25)27-28-23(29)32-14-21(30)26-19-9-7-6-8-16(19)5-2/h4,6-11,13,15H,1,5,12,14H2,2-3H3,(H,26,30). The highest BCUT2D eigenvalue weighted by Gasteiger charge is 2.20. The molecule has 0 spiro atoms. The van der Waals surface area contributed by atoms with Gasteiger partial charge in [-0.05, 0) is 43.2 Å². The molecule has 9 heteroatoms. The molecule has 2 aromatic carbocycles. The number of rotatable bonds is 10. The summed E-state index contributed by atoms with van der Waals surface area (Å²) in [6.45, 7) is 8.21. The van der Waals surface area contributed by atoms with Gasteiger partial charge in [-0.3, -0.25) is 9.36 Å². The Kier molecular flexibility index (Phi) is 8.61. The SMILES string of the molecule is C=CCn1c(SCC(=O)Nc2ccccc2CC)nnc1C(C)Oc1ccc(Cl)cc1Cl. The van der Waals surface area contributed by atoms with E-state index in [-0.39, 0.29) is 11.7 Å². The maximum Gasteiger partial charge on any atom is 0.234 e. The van der Waals surface area contributed by atoms with Gasteiger partial charge in [0.2, 0.25) is 5.91 Å². The first-order valence-corrected chi connectivity index (χ1v) is 11.8. The monoisotopic (exact) mass is 490 g/mol. The van der Waals surface area contributed by atoms with Gasteiger partial charge in [0.15, 0.2) is 17.1 Å². The molecular formula is C23H24Cl2N4O2S. The fourth-order valence-corrected chi connectivity index (χ4v) is 4.30. The van der Waals surface area contributed by atoms with Crippen LogP contribution in [0.1, 0.15) is 31.3 Å². The van der Waals surface area contributed by atoms with Gasteiger partial charge in [-0.15, -0.1) is 16.8 Å². The van der Waals surface area contributed by atoms with Crippen LogP contribution in [0.5, 0.6) is 5.75 Å². The minimum Gasteiger partial charge on any atom is -0.481 e. The summed E-state index contributed by atoms with van der Waals surface area (Å²) < 4.78 is 7.85. The third-order valence-electron chi connectivity index (χ3n) is 4.62. The molecule has 1 N–H and O–H groups in total. The minimum atomic E-state index is -0.430. The molecule has 6 nitrogen and oxygen atoms in total. The molecule has 0 saturated heterocycles. The Labute approximate surface area is 202 Å². The van der Waals surface area contributed by atoms with E-state index in [4.69, 9.17) is 27.9 Å². The van der Waals surface area contributed by atoms with Crippen molar-refractivity contribution in [1.29, 1.82) is 0 Å². The Morgan fingerprint density at radius 3 is 2.78 bits per heavy atom. The lowest BCUT2D eigenvalue weighted by Gasteiger charge is -2.16. The summed E-state index contributed by atoms with van der Waals surface area (Å²) in [5, 5.41) is 13.1. The number of hydrogen-bond donors (Lipinski definition) is 1. The summed E-state index contributed by atoms with van der Waals surface area (Å²) in [6.07, 6.45) is 2.16. The summed E-state index contributed by atoms with van der Waals surface area (Å²) in [4.78, 5) is 12.5. The Morgan fingerprint density at radius 1 is 1.28 bits per heavy atom. The van der Waals surface area contributed by atoms with E-state index in [1.54, 1.807) is 24.3 Å². The third-order valence-corrected chi connectivity index (χ3v) is 6.12. The largest absolute Gasteiger partial charge is 0.481 e. The van der Waals surface area contributed by atoms with E-state index in [0.29, 0.717) is 33.3 Å². The fourth-order valence-electron chi connectivity index (χ4n) is 3.09. The van der Waals surface area contributed by atoms with Crippen molar-refractivity contribution in [3.05, 3.63) is 76.6 Å². The Hall–Kier alpha value is -2.48. The third kappa shape index (κ3) is 6.06. The van der Waals surface area contributed by atoms with Crippen LogP contribution in [0.15, 0.2) is 60.3 Å². The number of hydrogen-bond acceptors (Lipinski definition) is 5. The number of allylic oxidation sites excluding steroid dienone is 1. The van der Waals surface area contributed by atoms with Crippen molar-refractivity contribution in [2.45, 2.75) is 38.1 Å². The van der Waals surface area contributed by atoms with Crippen LogP contribution >= 0.6 is 35.0 Å². The van der Waals surface area contributed by atoms with Crippen LogP contribution in [0.3, 0.4) is 0 Å². The number of nitrogens with one attached hydrogen (secondary N) is 1. The summed E-state index contributed by atoms with van der Waals surface area (Å²) in [5.41, 5.74) is 1.92. The predicted octanol–water partition coefficient (Wildman–Crippen LogP) is 6.20. The van der Waals surface area contributed by atoms with Crippen LogP contribution in [0.2, 0.25) is 10.0 Å². The fraction of sp³-hybridized carbons (Fsp3) is 0.261. The first kappa shape index (κ1) is 24.2. The average Bonchev–Trinajstić information content (AvgIpc) is 3.17. The number of halogens is 2. The van der Waals surface area contributed by atoms with Gasteiger partial charge in [-0.25, -0.2) is 0 Å². The quantitative estimate of drug-likeness (QED) is 0.270. The van der Waals surface area contributed by atoms with E-state index in [9.17, 15) is 4.79 Å². The molecule has 1 heterocycles. The Morgan fingerprint density at radius 2 is 2.06 bits per heavy atom. The first-order chi connectivity index (χ1) is 15.4. The number of aryl methyl sites for hydroxylation is 1. The van der Waals surface area contributed by atoms with E-state index in [0.717, 1.165) is 17.7 Å². The van der Waals surface area contributed by atoms with E-state index in [1.165, 1.54) is 11.8 Å². The topological polar surface area (TPSA) is 69.0 Å². The zero-order valence-corrected chi connectivity index (χ0v) is 20.2. The molecule has 168 valence electrons. The molecular weight excluding hydrogens is 467 g/mol. The van der Waals surface area contributed by atoms with Crippen LogP contribution in [0, 0.1) is 0 Å². The van der Waals surface area contributed by atoms with Crippen molar-refractivity contribution in [3.8, 4) is 5.75 Å². The highest BCUT2D eigenvalue weighted by atomic mass is 35.5. The van der Waals surface area contributed by atoms with Crippen molar-refractivity contribution >= 4 is 46.6 Å². The number of carbonyl (C=O) groups is 1. The van der Waals surface area contributed by atoms with Gasteiger partial charge in [0.05, 0.1) is 10.8 Å². The Bertz CT molecular complexity index is 1100. The lowest BCUT2D eigenvalue weighted by Crippen LogP contribution is -2.16. The number of aromatic nitrogens is 3. The number of thioether (sulfide) groups is 1. The summed E-state index contributed by atoms with van der Waals surface area (Å²) in [7, 11) is 0. The number of ether oxygens (including phenoxy) is 1. The lowest BCUT2D eigenvalue weighted by molar-refractivity contribution is -0.113. The maximum atomic E-state index is 12.5. The molecule has 1 amide bonds. The van der Waals surface area contributed by atoms with E-state index in [1.807, 2.05) is 35.8 Å². The molecule has 0 radical (unpaired) electrons. The molecule has 3 rings (SSSR count). The zero-order chi connectivity index (χ0) is 23.1. The molecule has 0 bridgehead atoms. The molecule has 0 fully saturated rings. The zero-order valence-electron chi connectivity index (χ0n) is 17.8. The summed E-state index contributed by atoms with van der Waals surface area (Å²) in [6, 6.07) is 12.8. The van der Waals surface area contributed by atoms with Gasteiger partial charge in [-0.1, -0.05) is 66.2 Å². The molecule has 1 aromatic heterocycles. The second-order valence-corrected chi connectivity index (χ2v) is 8.71. The second-order valence-electron chi connectivity index (χ2n) is 6.92. The number of amides is 1. The second kappa shape index (κ2) is 11.4. The van der Waals surface area contributed by atoms with Crippen molar-refractivity contribution < 1.29 is 9.53 Å². The number of carbonyl (C=O) groups excluding carboxylic acids is 1. The van der Waals surface area contributed by atoms with E-state index in [2.05, 4.69) is 29.0 Å². The lowest BCUT2D eigenvalue weighted by atomic mass is 10.1. The molecule has 0 aliphatic carbocycles. The molecule has 1 atom stereocenters. The van der Waals surface area contributed by atoms with Crippen LogP contribution in [0.4, 0.5) is 5.69 Å². The van der Waals surface area contributed by atoms with Gasteiger partial charge < -0.3 is 10.1 Å². The predicted molar refractivity (Wildman–Crippen MR) is 131 cm³/mol. The number of benzene rings is 2. The highest BCUT2D eigenvalue weighted by Crippen LogP contribution is 2.31. The number of anilines is 1. The van der Waals surface area contributed by atoms with E-state index < -0.39 is 6.10 Å². The summed E-state index contributed by atoms with van der Waals surface area (Å²) in [5.74, 6) is 1.20. The summed E-state index contributed by atoms with van der Waals surface area (Å²) >= 11 is 13.5. The highest BCUT2D eigenvalue weighted by molar-refractivity contribution is 7.99. The van der Waals surface area contributed by atoms with Crippen LogP contribution in [-0.2, 0) is 17.8 Å². The minimum absolute atomic E-state index is 0.108.